The van der Waals surface area contributed by atoms with Gasteiger partial charge in [-0.1, -0.05) is 6.92 Å². The van der Waals surface area contributed by atoms with Crippen LogP contribution in [-0.4, -0.2) is 27.1 Å². The summed E-state index contributed by atoms with van der Waals surface area (Å²) in [6.07, 6.45) is 8.16. The fraction of sp³-hybridized carbons (Fsp3) is 0.692. The number of aromatic nitrogens is 2. The third-order valence-corrected chi connectivity index (χ3v) is 4.64. The van der Waals surface area contributed by atoms with Gasteiger partial charge in [-0.15, -0.1) is 11.8 Å². The highest BCUT2D eigenvalue weighted by atomic mass is 32.2. The van der Waals surface area contributed by atoms with Crippen LogP contribution in [0.3, 0.4) is 0 Å². The third kappa shape index (κ3) is 3.06. The predicted octanol–water partition coefficient (Wildman–Crippen LogP) is 2.33. The Balaban J connectivity index is 2.00. The molecule has 0 amide bonds. The van der Waals surface area contributed by atoms with Crippen molar-refractivity contribution in [1.82, 2.24) is 15.1 Å². The zero-order valence-corrected chi connectivity index (χ0v) is 11.8. The van der Waals surface area contributed by atoms with Crippen molar-refractivity contribution in [2.75, 3.05) is 6.54 Å². The predicted molar refractivity (Wildman–Crippen MR) is 73.3 cm³/mol. The maximum Gasteiger partial charge on any atom is 0.107 e. The molecular formula is C13H20N4S. The van der Waals surface area contributed by atoms with Crippen molar-refractivity contribution in [1.29, 1.82) is 5.26 Å². The van der Waals surface area contributed by atoms with E-state index in [9.17, 15) is 5.26 Å². The van der Waals surface area contributed by atoms with Gasteiger partial charge in [0.1, 0.15) is 5.54 Å². The Morgan fingerprint density at radius 1 is 1.72 bits per heavy atom. The van der Waals surface area contributed by atoms with Gasteiger partial charge in [0.25, 0.3) is 0 Å². The zero-order chi connectivity index (χ0) is 13.0. The van der Waals surface area contributed by atoms with Gasteiger partial charge in [0, 0.05) is 23.4 Å². The summed E-state index contributed by atoms with van der Waals surface area (Å²) in [6.45, 7) is 2.93. The molecule has 4 nitrogen and oxygen atoms in total. The lowest BCUT2D eigenvalue weighted by Gasteiger charge is -2.35. The molecule has 1 N–H and O–H groups in total. The van der Waals surface area contributed by atoms with Crippen LogP contribution in [0.25, 0.3) is 0 Å². The van der Waals surface area contributed by atoms with Crippen LogP contribution in [0.15, 0.2) is 17.3 Å². The van der Waals surface area contributed by atoms with Gasteiger partial charge in [-0.3, -0.25) is 10.00 Å². The van der Waals surface area contributed by atoms with Gasteiger partial charge >= 0.3 is 0 Å². The van der Waals surface area contributed by atoms with Gasteiger partial charge in [0.15, 0.2) is 0 Å². The Kier molecular flexibility index (Phi) is 4.31. The van der Waals surface area contributed by atoms with E-state index in [0.717, 1.165) is 25.8 Å². The maximum atomic E-state index is 9.42. The fourth-order valence-electron chi connectivity index (χ4n) is 2.62. The zero-order valence-electron chi connectivity index (χ0n) is 11.0. The average molecular weight is 264 g/mol. The molecule has 1 aromatic heterocycles. The molecular weight excluding hydrogens is 244 g/mol. The molecule has 0 aromatic carbocycles. The quantitative estimate of drug-likeness (QED) is 0.907. The highest BCUT2D eigenvalue weighted by Crippen LogP contribution is 2.37. The molecule has 0 saturated heterocycles. The molecule has 1 aliphatic rings. The fourth-order valence-corrected chi connectivity index (χ4v) is 3.98. The highest BCUT2D eigenvalue weighted by Gasteiger charge is 2.36. The van der Waals surface area contributed by atoms with Crippen LogP contribution in [0, 0.1) is 11.3 Å². The van der Waals surface area contributed by atoms with Gasteiger partial charge in [-0.25, -0.2) is 0 Å². The molecule has 1 aliphatic carbocycles. The Bertz CT molecular complexity index is 432. The molecule has 2 unspecified atom stereocenters. The molecule has 0 bridgehead atoms. The van der Waals surface area contributed by atoms with E-state index in [1.807, 2.05) is 35.9 Å². The largest absolute Gasteiger partial charge is 0.300 e. The van der Waals surface area contributed by atoms with E-state index >= 15 is 0 Å². The Morgan fingerprint density at radius 3 is 3.17 bits per heavy atom. The molecule has 18 heavy (non-hydrogen) atoms. The second-order valence-electron chi connectivity index (χ2n) is 4.91. The van der Waals surface area contributed by atoms with E-state index in [4.69, 9.17) is 0 Å². The van der Waals surface area contributed by atoms with Crippen LogP contribution in [0.1, 0.15) is 32.6 Å². The lowest BCUT2D eigenvalue weighted by Crippen LogP contribution is -2.48. The second-order valence-corrected chi connectivity index (χ2v) is 6.28. The van der Waals surface area contributed by atoms with E-state index in [-0.39, 0.29) is 5.54 Å². The standard InChI is InChI=1S/C13H20N4S/c1-3-15-13(10-14)6-4-5-11(7-13)18-12-8-16-17(2)9-12/h8-9,11,15H,3-7H2,1-2H3. The molecule has 1 aromatic rings. The Morgan fingerprint density at radius 2 is 2.56 bits per heavy atom. The van der Waals surface area contributed by atoms with Crippen molar-refractivity contribution in [3.05, 3.63) is 12.4 Å². The monoisotopic (exact) mass is 264 g/mol. The van der Waals surface area contributed by atoms with Crippen molar-refractivity contribution in [3.63, 3.8) is 0 Å². The van der Waals surface area contributed by atoms with E-state index in [1.54, 1.807) is 0 Å². The number of hydrogen-bond acceptors (Lipinski definition) is 4. The van der Waals surface area contributed by atoms with Crippen LogP contribution in [0.4, 0.5) is 0 Å². The minimum absolute atomic E-state index is 0.313. The number of nitrogens with one attached hydrogen (secondary N) is 1. The first-order chi connectivity index (χ1) is 8.67. The van der Waals surface area contributed by atoms with Gasteiger partial charge in [-0.2, -0.15) is 10.4 Å². The van der Waals surface area contributed by atoms with Crippen LogP contribution in [0.5, 0.6) is 0 Å². The first-order valence-corrected chi connectivity index (χ1v) is 7.37. The van der Waals surface area contributed by atoms with Crippen LogP contribution >= 0.6 is 11.8 Å². The minimum Gasteiger partial charge on any atom is -0.300 e. The van der Waals surface area contributed by atoms with E-state index in [2.05, 4.69) is 23.4 Å². The summed E-state index contributed by atoms with van der Waals surface area (Å²) in [7, 11) is 1.93. The molecule has 1 heterocycles. The van der Waals surface area contributed by atoms with Crippen LogP contribution in [-0.2, 0) is 7.05 Å². The molecule has 1 saturated carbocycles. The van der Waals surface area contributed by atoms with Gasteiger partial charge in [0.2, 0.25) is 0 Å². The van der Waals surface area contributed by atoms with Crippen molar-refractivity contribution in [2.45, 2.75) is 48.3 Å². The summed E-state index contributed by atoms with van der Waals surface area (Å²) >= 11 is 1.85. The second kappa shape index (κ2) is 5.77. The van der Waals surface area contributed by atoms with E-state index in [1.165, 1.54) is 11.3 Å². The number of thioether (sulfide) groups is 1. The number of nitrogens with zero attached hydrogens (tertiary/aromatic N) is 3. The Labute approximate surface area is 113 Å². The molecule has 2 rings (SSSR count). The molecule has 98 valence electrons. The third-order valence-electron chi connectivity index (χ3n) is 3.42. The minimum atomic E-state index is -0.313. The lowest BCUT2D eigenvalue weighted by molar-refractivity contribution is 0.309. The number of rotatable bonds is 4. The van der Waals surface area contributed by atoms with Crippen LogP contribution < -0.4 is 5.32 Å². The summed E-state index contributed by atoms with van der Waals surface area (Å²) in [5, 5.41) is 17.5. The number of aryl methyl sites for hydroxylation is 1. The molecule has 0 aliphatic heterocycles. The smallest absolute Gasteiger partial charge is 0.107 e. The van der Waals surface area contributed by atoms with Crippen molar-refractivity contribution >= 4 is 11.8 Å². The van der Waals surface area contributed by atoms with Crippen LogP contribution in [0.2, 0.25) is 0 Å². The Hall–Kier alpha value is -0.990. The van der Waals surface area contributed by atoms with Gasteiger partial charge in [0.05, 0.1) is 12.3 Å². The normalized spacial score (nSPS) is 27.9. The number of nitriles is 1. The summed E-state index contributed by atoms with van der Waals surface area (Å²) in [5.41, 5.74) is -0.313. The summed E-state index contributed by atoms with van der Waals surface area (Å²) in [4.78, 5) is 1.20. The SMILES string of the molecule is CCNC1(C#N)CCCC(Sc2cnn(C)c2)C1. The lowest BCUT2D eigenvalue weighted by atomic mass is 9.82. The summed E-state index contributed by atoms with van der Waals surface area (Å²) < 4.78 is 1.83. The summed E-state index contributed by atoms with van der Waals surface area (Å²) in [5.74, 6) is 0. The highest BCUT2D eigenvalue weighted by molar-refractivity contribution is 8.00. The molecule has 5 heteroatoms. The van der Waals surface area contributed by atoms with Crippen molar-refractivity contribution in [2.24, 2.45) is 7.05 Å². The summed E-state index contributed by atoms with van der Waals surface area (Å²) in [6, 6.07) is 2.49. The average Bonchev–Trinajstić information content (AvgIpc) is 2.75. The first-order valence-electron chi connectivity index (χ1n) is 6.49. The number of hydrogen-bond donors (Lipinski definition) is 1. The topological polar surface area (TPSA) is 53.6 Å². The van der Waals surface area contributed by atoms with E-state index < -0.39 is 0 Å². The first kappa shape index (κ1) is 13.4. The molecule has 2 atom stereocenters. The van der Waals surface area contributed by atoms with Gasteiger partial charge < -0.3 is 0 Å². The molecule has 0 spiro atoms. The van der Waals surface area contributed by atoms with Gasteiger partial charge in [-0.05, 0) is 32.2 Å². The van der Waals surface area contributed by atoms with E-state index in [0.29, 0.717) is 5.25 Å². The van der Waals surface area contributed by atoms with Crippen molar-refractivity contribution in [3.8, 4) is 6.07 Å². The van der Waals surface area contributed by atoms with Crippen molar-refractivity contribution < 1.29 is 0 Å². The molecule has 0 radical (unpaired) electrons. The maximum absolute atomic E-state index is 9.42. The molecule has 1 fully saturated rings.